The van der Waals surface area contributed by atoms with Crippen molar-refractivity contribution in [1.29, 1.82) is 0 Å². The molecule has 4 heteroatoms. The van der Waals surface area contributed by atoms with Crippen LogP contribution in [-0.4, -0.2) is 6.04 Å². The van der Waals surface area contributed by atoms with Gasteiger partial charge in [0.05, 0.1) is 5.02 Å². The standard InChI is InChI=1S/C14H22ClFN2/c1-3-5-10(2)8-12(18-17)9-11-6-4-7-13(15)14(11)16/h4,6-7,10,12,18H,3,5,8-9,17H2,1-2H3. The van der Waals surface area contributed by atoms with Gasteiger partial charge in [0.25, 0.3) is 0 Å². The molecule has 3 N–H and O–H groups in total. The van der Waals surface area contributed by atoms with Crippen LogP contribution in [0.1, 0.15) is 38.7 Å². The van der Waals surface area contributed by atoms with Crippen LogP contribution in [0.15, 0.2) is 18.2 Å². The van der Waals surface area contributed by atoms with Crippen LogP contribution in [0.2, 0.25) is 5.02 Å². The Labute approximate surface area is 114 Å². The third-order valence-corrected chi connectivity index (χ3v) is 3.49. The summed E-state index contributed by atoms with van der Waals surface area (Å²) in [5.41, 5.74) is 3.40. The topological polar surface area (TPSA) is 38.0 Å². The van der Waals surface area contributed by atoms with Gasteiger partial charge in [0.15, 0.2) is 0 Å². The van der Waals surface area contributed by atoms with E-state index in [1.165, 1.54) is 0 Å². The summed E-state index contributed by atoms with van der Waals surface area (Å²) < 4.78 is 13.8. The molecule has 102 valence electrons. The van der Waals surface area contributed by atoms with E-state index in [2.05, 4.69) is 19.3 Å². The van der Waals surface area contributed by atoms with E-state index in [1.54, 1.807) is 18.2 Å². The SMILES string of the molecule is CCCC(C)CC(Cc1cccc(Cl)c1F)NN. The van der Waals surface area contributed by atoms with E-state index < -0.39 is 0 Å². The van der Waals surface area contributed by atoms with Crippen LogP contribution in [0.5, 0.6) is 0 Å². The molecule has 0 aromatic heterocycles. The van der Waals surface area contributed by atoms with Crippen LogP contribution in [0.4, 0.5) is 4.39 Å². The molecule has 0 saturated heterocycles. The van der Waals surface area contributed by atoms with Crippen molar-refractivity contribution in [2.45, 2.75) is 45.6 Å². The van der Waals surface area contributed by atoms with E-state index in [0.717, 1.165) is 19.3 Å². The minimum atomic E-state index is -0.331. The molecule has 1 rings (SSSR count). The van der Waals surface area contributed by atoms with E-state index in [9.17, 15) is 4.39 Å². The monoisotopic (exact) mass is 272 g/mol. The summed E-state index contributed by atoms with van der Waals surface area (Å²) in [7, 11) is 0. The maximum absolute atomic E-state index is 13.8. The van der Waals surface area contributed by atoms with Crippen LogP contribution in [0, 0.1) is 11.7 Å². The highest BCUT2D eigenvalue weighted by molar-refractivity contribution is 6.30. The van der Waals surface area contributed by atoms with Crippen LogP contribution in [0.25, 0.3) is 0 Å². The van der Waals surface area contributed by atoms with Crippen molar-refractivity contribution in [3.8, 4) is 0 Å². The molecule has 0 aliphatic carbocycles. The lowest BCUT2D eigenvalue weighted by atomic mass is 9.93. The quantitative estimate of drug-likeness (QED) is 0.587. The molecule has 0 spiro atoms. The second-order valence-corrected chi connectivity index (χ2v) is 5.32. The lowest BCUT2D eigenvalue weighted by Gasteiger charge is -2.20. The van der Waals surface area contributed by atoms with Gasteiger partial charge in [-0.15, -0.1) is 0 Å². The van der Waals surface area contributed by atoms with Gasteiger partial charge in [-0.05, 0) is 30.4 Å². The molecule has 0 heterocycles. The van der Waals surface area contributed by atoms with Gasteiger partial charge in [0.1, 0.15) is 5.82 Å². The zero-order valence-electron chi connectivity index (χ0n) is 11.0. The van der Waals surface area contributed by atoms with E-state index >= 15 is 0 Å². The fraction of sp³-hybridized carbons (Fsp3) is 0.571. The first-order chi connectivity index (χ1) is 8.58. The molecule has 18 heavy (non-hydrogen) atoms. The number of hydrogen-bond donors (Lipinski definition) is 2. The van der Waals surface area contributed by atoms with Crippen molar-refractivity contribution in [1.82, 2.24) is 5.43 Å². The van der Waals surface area contributed by atoms with Crippen molar-refractivity contribution in [2.75, 3.05) is 0 Å². The largest absolute Gasteiger partial charge is 0.271 e. The highest BCUT2D eigenvalue weighted by Gasteiger charge is 2.15. The van der Waals surface area contributed by atoms with Crippen molar-refractivity contribution < 1.29 is 4.39 Å². The summed E-state index contributed by atoms with van der Waals surface area (Å²) in [6.45, 7) is 4.36. The summed E-state index contributed by atoms with van der Waals surface area (Å²) in [6.07, 6.45) is 3.83. The molecule has 2 unspecified atom stereocenters. The van der Waals surface area contributed by atoms with Gasteiger partial charge < -0.3 is 0 Å². The summed E-state index contributed by atoms with van der Waals surface area (Å²) in [4.78, 5) is 0. The molecule has 0 fully saturated rings. The Morgan fingerprint density at radius 2 is 2.17 bits per heavy atom. The molecule has 2 atom stereocenters. The van der Waals surface area contributed by atoms with Crippen molar-refractivity contribution in [3.05, 3.63) is 34.6 Å². The van der Waals surface area contributed by atoms with Gasteiger partial charge in [-0.1, -0.05) is 50.4 Å². The lowest BCUT2D eigenvalue weighted by molar-refractivity contribution is 0.382. The maximum Gasteiger partial charge on any atom is 0.145 e. The van der Waals surface area contributed by atoms with Gasteiger partial charge in [0, 0.05) is 6.04 Å². The zero-order chi connectivity index (χ0) is 13.5. The molecule has 2 nitrogen and oxygen atoms in total. The first-order valence-electron chi connectivity index (χ1n) is 6.47. The number of benzene rings is 1. The predicted molar refractivity (Wildman–Crippen MR) is 74.9 cm³/mol. The molecule has 0 aliphatic heterocycles. The van der Waals surface area contributed by atoms with Crippen LogP contribution >= 0.6 is 11.6 Å². The van der Waals surface area contributed by atoms with E-state index in [4.69, 9.17) is 17.4 Å². The van der Waals surface area contributed by atoms with E-state index in [0.29, 0.717) is 17.9 Å². The average molecular weight is 273 g/mol. The average Bonchev–Trinajstić information content (AvgIpc) is 2.34. The Kier molecular flexibility index (Phi) is 6.61. The number of nitrogens with one attached hydrogen (secondary N) is 1. The second kappa shape index (κ2) is 7.72. The summed E-state index contributed by atoms with van der Waals surface area (Å²) in [5, 5.41) is 0.171. The molecule has 0 saturated carbocycles. The molecular formula is C14H22ClFN2. The van der Waals surface area contributed by atoms with Gasteiger partial charge in [-0.2, -0.15) is 0 Å². The number of nitrogens with two attached hydrogens (primary N) is 1. The number of halogens is 2. The van der Waals surface area contributed by atoms with Gasteiger partial charge in [-0.25, -0.2) is 4.39 Å². The Bertz CT molecular complexity index is 371. The Morgan fingerprint density at radius 3 is 2.78 bits per heavy atom. The summed E-state index contributed by atoms with van der Waals surface area (Å²) >= 11 is 5.77. The molecule has 1 aromatic rings. The fourth-order valence-corrected chi connectivity index (χ4v) is 2.47. The molecule has 0 bridgehead atoms. The Morgan fingerprint density at radius 1 is 1.44 bits per heavy atom. The highest BCUT2D eigenvalue weighted by Crippen LogP contribution is 2.21. The maximum atomic E-state index is 13.8. The van der Waals surface area contributed by atoms with E-state index in [1.807, 2.05) is 0 Å². The number of hydrazine groups is 1. The molecular weight excluding hydrogens is 251 g/mol. The minimum Gasteiger partial charge on any atom is -0.271 e. The van der Waals surface area contributed by atoms with Gasteiger partial charge in [-0.3, -0.25) is 11.3 Å². The van der Waals surface area contributed by atoms with Crippen LogP contribution < -0.4 is 11.3 Å². The van der Waals surface area contributed by atoms with Crippen LogP contribution in [-0.2, 0) is 6.42 Å². The van der Waals surface area contributed by atoms with Gasteiger partial charge >= 0.3 is 0 Å². The van der Waals surface area contributed by atoms with Crippen molar-refractivity contribution >= 4 is 11.6 Å². The van der Waals surface area contributed by atoms with Crippen molar-refractivity contribution in [3.63, 3.8) is 0 Å². The number of rotatable bonds is 7. The molecule has 0 amide bonds. The Balaban J connectivity index is 2.65. The second-order valence-electron chi connectivity index (χ2n) is 4.91. The zero-order valence-corrected chi connectivity index (χ0v) is 11.8. The molecule has 0 aliphatic rings. The Hall–Kier alpha value is -0.640. The highest BCUT2D eigenvalue weighted by atomic mass is 35.5. The molecule has 1 aromatic carbocycles. The van der Waals surface area contributed by atoms with Crippen molar-refractivity contribution in [2.24, 2.45) is 11.8 Å². The van der Waals surface area contributed by atoms with Gasteiger partial charge in [0.2, 0.25) is 0 Å². The van der Waals surface area contributed by atoms with Crippen LogP contribution in [0.3, 0.4) is 0 Å². The summed E-state index contributed by atoms with van der Waals surface area (Å²) in [6, 6.07) is 5.17. The third kappa shape index (κ3) is 4.56. The fourth-order valence-electron chi connectivity index (χ4n) is 2.28. The summed E-state index contributed by atoms with van der Waals surface area (Å²) in [5.74, 6) is 5.80. The first-order valence-corrected chi connectivity index (χ1v) is 6.85. The minimum absolute atomic E-state index is 0.0829. The first kappa shape index (κ1) is 15.4. The predicted octanol–water partition coefficient (Wildman–Crippen LogP) is 3.68. The third-order valence-electron chi connectivity index (χ3n) is 3.20. The number of hydrogen-bond acceptors (Lipinski definition) is 2. The molecule has 0 radical (unpaired) electrons. The smallest absolute Gasteiger partial charge is 0.145 e. The normalized spacial score (nSPS) is 14.5. The van der Waals surface area contributed by atoms with E-state index in [-0.39, 0.29) is 16.9 Å². The lowest BCUT2D eigenvalue weighted by Crippen LogP contribution is -2.38.